The van der Waals surface area contributed by atoms with E-state index in [0.717, 1.165) is 35.6 Å². The Morgan fingerprint density at radius 2 is 1.65 bits per heavy atom. The van der Waals surface area contributed by atoms with Crippen molar-refractivity contribution in [2.75, 3.05) is 25.5 Å². The molecule has 1 saturated carbocycles. The highest BCUT2D eigenvalue weighted by Gasteiger charge is 2.30. The predicted molar refractivity (Wildman–Crippen MR) is 120 cm³/mol. The van der Waals surface area contributed by atoms with Gasteiger partial charge in [-0.05, 0) is 81.9 Å². The lowest BCUT2D eigenvalue weighted by atomic mass is 9.90. The lowest BCUT2D eigenvalue weighted by Gasteiger charge is -2.35. The minimum atomic E-state index is -0.251. The van der Waals surface area contributed by atoms with Crippen LogP contribution < -0.4 is 5.32 Å². The molecular formula is C24H29FN6. The fourth-order valence-corrected chi connectivity index (χ4v) is 5.10. The van der Waals surface area contributed by atoms with E-state index < -0.39 is 0 Å². The van der Waals surface area contributed by atoms with E-state index in [-0.39, 0.29) is 5.82 Å². The molecule has 2 fully saturated rings. The molecule has 1 aliphatic carbocycles. The number of aromatic nitrogens is 4. The zero-order chi connectivity index (χ0) is 21.2. The topological polar surface area (TPSA) is 58.9 Å². The number of benzene rings is 1. The maximum atomic E-state index is 13.5. The summed E-state index contributed by atoms with van der Waals surface area (Å²) in [6.07, 6.45) is 11.0. The molecule has 1 saturated heterocycles. The molecule has 0 atom stereocenters. The van der Waals surface area contributed by atoms with Gasteiger partial charge < -0.3 is 14.8 Å². The monoisotopic (exact) mass is 420 g/mol. The molecule has 0 radical (unpaired) electrons. The molecule has 6 nitrogen and oxygen atoms in total. The first-order chi connectivity index (χ1) is 15.2. The van der Waals surface area contributed by atoms with Gasteiger partial charge in [0.1, 0.15) is 17.3 Å². The normalized spacial score (nSPS) is 22.0. The molecule has 1 N–H and O–H groups in total. The fraction of sp³-hybridized carbons (Fsp3) is 0.458. The van der Waals surface area contributed by atoms with E-state index in [4.69, 9.17) is 9.97 Å². The van der Waals surface area contributed by atoms with Crippen LogP contribution in [0.3, 0.4) is 0 Å². The molecular weight excluding hydrogens is 391 g/mol. The summed E-state index contributed by atoms with van der Waals surface area (Å²) in [6, 6.07) is 9.44. The number of imidazole rings is 1. The van der Waals surface area contributed by atoms with Gasteiger partial charge in [-0.3, -0.25) is 0 Å². The van der Waals surface area contributed by atoms with Crippen molar-refractivity contribution in [1.82, 2.24) is 24.4 Å². The van der Waals surface area contributed by atoms with Crippen molar-refractivity contribution in [2.24, 2.45) is 0 Å². The number of hydrogen-bond acceptors (Lipinski definition) is 5. The second-order valence-corrected chi connectivity index (χ2v) is 8.58. The molecule has 3 aromatic rings. The van der Waals surface area contributed by atoms with Crippen LogP contribution in [0.2, 0.25) is 0 Å². The highest BCUT2D eigenvalue weighted by Crippen LogP contribution is 2.38. The Morgan fingerprint density at radius 1 is 0.935 bits per heavy atom. The standard InChI is InChI=1S/C24H29FN6/c1-26-21-12-13-27-24(29-21)23-22(17-4-6-18(25)7-5-17)28-16-31(23)20-10-8-19(9-11-20)30-14-2-3-15-30/h4-7,12-13,16,19-20H,2-3,8-11,14-15H2,1H3,(H,26,27,29). The molecule has 0 bridgehead atoms. The van der Waals surface area contributed by atoms with Gasteiger partial charge in [0.2, 0.25) is 0 Å². The van der Waals surface area contributed by atoms with Gasteiger partial charge in [-0.2, -0.15) is 0 Å². The number of halogens is 1. The molecule has 0 unspecified atom stereocenters. The van der Waals surface area contributed by atoms with Crippen LogP contribution in [0, 0.1) is 5.82 Å². The Bertz CT molecular complexity index is 1020. The van der Waals surface area contributed by atoms with Crippen LogP contribution in [-0.2, 0) is 0 Å². The predicted octanol–water partition coefficient (Wildman–Crippen LogP) is 4.77. The van der Waals surface area contributed by atoms with Crippen molar-refractivity contribution < 1.29 is 4.39 Å². The number of likely N-dealkylation sites (tertiary alicyclic amines) is 1. The second kappa shape index (κ2) is 8.75. The number of rotatable bonds is 5. The van der Waals surface area contributed by atoms with Crippen molar-refractivity contribution in [3.63, 3.8) is 0 Å². The Morgan fingerprint density at radius 3 is 2.35 bits per heavy atom. The second-order valence-electron chi connectivity index (χ2n) is 8.58. The number of nitrogens with zero attached hydrogens (tertiary/aromatic N) is 5. The van der Waals surface area contributed by atoms with E-state index in [2.05, 4.69) is 19.8 Å². The van der Waals surface area contributed by atoms with Gasteiger partial charge in [0.25, 0.3) is 0 Å². The lowest BCUT2D eigenvalue weighted by Crippen LogP contribution is -2.36. The molecule has 2 aromatic heterocycles. The van der Waals surface area contributed by atoms with Crippen molar-refractivity contribution in [1.29, 1.82) is 0 Å². The summed E-state index contributed by atoms with van der Waals surface area (Å²) >= 11 is 0. The third-order valence-corrected chi connectivity index (χ3v) is 6.75. The summed E-state index contributed by atoms with van der Waals surface area (Å²) in [5, 5.41) is 3.10. The molecule has 3 heterocycles. The summed E-state index contributed by atoms with van der Waals surface area (Å²) in [4.78, 5) is 16.7. The average Bonchev–Trinajstić information content (AvgIpc) is 3.50. The maximum absolute atomic E-state index is 13.5. The third kappa shape index (κ3) is 4.06. The van der Waals surface area contributed by atoms with E-state index >= 15 is 0 Å². The minimum absolute atomic E-state index is 0.251. The quantitative estimate of drug-likeness (QED) is 0.644. The number of anilines is 1. The van der Waals surface area contributed by atoms with Gasteiger partial charge in [-0.25, -0.2) is 19.3 Å². The molecule has 7 heteroatoms. The SMILES string of the molecule is CNc1ccnc(-c2c(-c3ccc(F)cc3)ncn2C2CCC(N3CCCC3)CC2)n1. The van der Waals surface area contributed by atoms with Gasteiger partial charge in [0.15, 0.2) is 5.82 Å². The third-order valence-electron chi connectivity index (χ3n) is 6.75. The first-order valence-corrected chi connectivity index (χ1v) is 11.3. The van der Waals surface area contributed by atoms with Crippen LogP contribution >= 0.6 is 0 Å². The fourth-order valence-electron chi connectivity index (χ4n) is 5.10. The van der Waals surface area contributed by atoms with Crippen molar-refractivity contribution in [3.05, 3.63) is 48.7 Å². The highest BCUT2D eigenvalue weighted by atomic mass is 19.1. The Labute approximate surface area is 182 Å². The molecule has 2 aliphatic rings. The van der Waals surface area contributed by atoms with Crippen LogP contribution in [0.5, 0.6) is 0 Å². The van der Waals surface area contributed by atoms with Crippen LogP contribution in [0.15, 0.2) is 42.9 Å². The molecule has 1 aromatic carbocycles. The highest BCUT2D eigenvalue weighted by molar-refractivity contribution is 5.75. The molecule has 5 rings (SSSR count). The Kier molecular flexibility index (Phi) is 5.68. The summed E-state index contributed by atoms with van der Waals surface area (Å²) in [7, 11) is 1.85. The summed E-state index contributed by atoms with van der Waals surface area (Å²) in [5.41, 5.74) is 2.59. The first-order valence-electron chi connectivity index (χ1n) is 11.3. The Balaban J connectivity index is 1.49. The van der Waals surface area contributed by atoms with Gasteiger partial charge in [0, 0.05) is 30.9 Å². The van der Waals surface area contributed by atoms with Gasteiger partial charge in [0.05, 0.1) is 12.0 Å². The van der Waals surface area contributed by atoms with E-state index in [1.807, 2.05) is 19.4 Å². The van der Waals surface area contributed by atoms with Crippen LogP contribution in [0.25, 0.3) is 22.8 Å². The zero-order valence-electron chi connectivity index (χ0n) is 18.0. The maximum Gasteiger partial charge on any atom is 0.180 e. The van der Waals surface area contributed by atoms with Gasteiger partial charge in [-0.1, -0.05) is 0 Å². The zero-order valence-corrected chi connectivity index (χ0v) is 18.0. The summed E-state index contributed by atoms with van der Waals surface area (Å²) in [6.45, 7) is 2.51. The van der Waals surface area contributed by atoms with Crippen LogP contribution in [0.1, 0.15) is 44.6 Å². The largest absolute Gasteiger partial charge is 0.373 e. The minimum Gasteiger partial charge on any atom is -0.373 e. The lowest BCUT2D eigenvalue weighted by molar-refractivity contribution is 0.166. The van der Waals surface area contributed by atoms with Crippen molar-refractivity contribution >= 4 is 5.82 Å². The smallest absolute Gasteiger partial charge is 0.180 e. The van der Waals surface area contributed by atoms with Crippen molar-refractivity contribution in [2.45, 2.75) is 50.6 Å². The van der Waals surface area contributed by atoms with Gasteiger partial charge >= 0.3 is 0 Å². The van der Waals surface area contributed by atoms with E-state index in [9.17, 15) is 4.39 Å². The van der Waals surface area contributed by atoms with E-state index in [1.54, 1.807) is 18.3 Å². The van der Waals surface area contributed by atoms with Crippen LogP contribution in [-0.4, -0.2) is 50.6 Å². The van der Waals surface area contributed by atoms with Crippen LogP contribution in [0.4, 0.5) is 10.2 Å². The van der Waals surface area contributed by atoms with E-state index in [0.29, 0.717) is 17.9 Å². The Hall–Kier alpha value is -2.80. The van der Waals surface area contributed by atoms with E-state index in [1.165, 1.54) is 50.9 Å². The molecule has 0 spiro atoms. The molecule has 1 aliphatic heterocycles. The summed E-state index contributed by atoms with van der Waals surface area (Å²) in [5.74, 6) is 1.16. The molecule has 31 heavy (non-hydrogen) atoms. The molecule has 162 valence electrons. The average molecular weight is 421 g/mol. The number of hydrogen-bond donors (Lipinski definition) is 1. The summed E-state index contributed by atoms with van der Waals surface area (Å²) < 4.78 is 15.8. The van der Waals surface area contributed by atoms with Gasteiger partial charge in [-0.15, -0.1) is 0 Å². The molecule has 0 amide bonds. The first kappa shape index (κ1) is 20.1. The number of nitrogens with one attached hydrogen (secondary N) is 1. The van der Waals surface area contributed by atoms with Crippen molar-refractivity contribution in [3.8, 4) is 22.8 Å².